The highest BCUT2D eigenvalue weighted by Gasteiger charge is 2.64. The lowest BCUT2D eigenvalue weighted by Crippen LogP contribution is -2.46. The van der Waals surface area contributed by atoms with Gasteiger partial charge in [-0.25, -0.2) is 4.90 Å². The molecule has 0 radical (unpaired) electrons. The molecule has 4 atom stereocenters. The number of nitro benzene ring substituents is 1. The third-order valence-electron chi connectivity index (χ3n) is 6.05. The number of nitrogens with zero attached hydrogens (tertiary/aromatic N) is 3. The molecule has 30 heavy (non-hydrogen) atoms. The number of imide groups is 1. The quantitative estimate of drug-likeness (QED) is 0.470. The molecule has 0 bridgehead atoms. The standard InChI is InChI=1S/C21H16N4O5/c22-19(26)18-16-15(17-14-7-2-1-4-11(14)8-9-23(17)18)20(27)24(21(16)28)12-5-3-6-13(10-12)25(29)30/h1-10,15-18H,(H2,22,26)/t15-,16+,17-,18+/m0/s1. The molecule has 0 aliphatic carbocycles. The second-order valence-electron chi connectivity index (χ2n) is 7.52. The molecular formula is C21H16N4O5. The van der Waals surface area contributed by atoms with E-state index in [2.05, 4.69) is 0 Å². The van der Waals surface area contributed by atoms with Crippen molar-refractivity contribution >= 4 is 35.2 Å². The maximum absolute atomic E-state index is 13.4. The fraction of sp³-hybridized carbons (Fsp3) is 0.190. The number of hydrogen-bond acceptors (Lipinski definition) is 6. The van der Waals surface area contributed by atoms with Gasteiger partial charge < -0.3 is 10.6 Å². The van der Waals surface area contributed by atoms with Crippen LogP contribution in [0.15, 0.2) is 54.7 Å². The molecule has 0 saturated carbocycles. The highest BCUT2D eigenvalue weighted by atomic mass is 16.6. The number of fused-ring (bicyclic) bond motifs is 5. The number of nitro groups is 1. The van der Waals surface area contributed by atoms with E-state index in [0.29, 0.717) is 0 Å². The van der Waals surface area contributed by atoms with Crippen molar-refractivity contribution in [1.29, 1.82) is 0 Å². The van der Waals surface area contributed by atoms with Gasteiger partial charge in [0.2, 0.25) is 17.7 Å². The summed E-state index contributed by atoms with van der Waals surface area (Å²) in [5.74, 6) is -3.54. The molecule has 2 fully saturated rings. The van der Waals surface area contributed by atoms with Crippen molar-refractivity contribution in [1.82, 2.24) is 4.90 Å². The van der Waals surface area contributed by atoms with Crippen LogP contribution in [0.4, 0.5) is 11.4 Å². The van der Waals surface area contributed by atoms with Crippen molar-refractivity contribution in [2.75, 3.05) is 4.90 Å². The summed E-state index contributed by atoms with van der Waals surface area (Å²) in [4.78, 5) is 52.3. The van der Waals surface area contributed by atoms with E-state index in [0.717, 1.165) is 16.0 Å². The van der Waals surface area contributed by atoms with Crippen LogP contribution in [0.3, 0.4) is 0 Å². The van der Waals surface area contributed by atoms with E-state index >= 15 is 0 Å². The largest absolute Gasteiger partial charge is 0.368 e. The van der Waals surface area contributed by atoms with Crippen LogP contribution in [0.1, 0.15) is 17.2 Å². The van der Waals surface area contributed by atoms with Crippen LogP contribution in [-0.2, 0) is 14.4 Å². The fourth-order valence-electron chi connectivity index (χ4n) is 4.88. The molecule has 9 nitrogen and oxygen atoms in total. The van der Waals surface area contributed by atoms with Gasteiger partial charge in [0.1, 0.15) is 6.04 Å². The summed E-state index contributed by atoms with van der Waals surface area (Å²) in [7, 11) is 0. The first-order valence-corrected chi connectivity index (χ1v) is 9.36. The number of hydrogen-bond donors (Lipinski definition) is 1. The minimum atomic E-state index is -0.982. The van der Waals surface area contributed by atoms with E-state index in [4.69, 9.17) is 5.73 Å². The Hall–Kier alpha value is -4.01. The van der Waals surface area contributed by atoms with Crippen LogP contribution < -0.4 is 10.6 Å². The molecule has 150 valence electrons. The average molecular weight is 404 g/mol. The number of anilines is 1. The number of benzene rings is 2. The summed E-state index contributed by atoms with van der Waals surface area (Å²) in [6.45, 7) is 0. The van der Waals surface area contributed by atoms with Crippen molar-refractivity contribution in [3.05, 3.63) is 76.0 Å². The van der Waals surface area contributed by atoms with Crippen molar-refractivity contribution in [2.45, 2.75) is 12.1 Å². The number of primary amides is 1. The first kappa shape index (κ1) is 18.0. The zero-order valence-corrected chi connectivity index (χ0v) is 15.5. The van der Waals surface area contributed by atoms with Gasteiger partial charge in [-0.2, -0.15) is 0 Å². The second-order valence-corrected chi connectivity index (χ2v) is 7.52. The maximum atomic E-state index is 13.4. The molecule has 0 spiro atoms. The molecular weight excluding hydrogens is 388 g/mol. The van der Waals surface area contributed by atoms with E-state index in [1.54, 1.807) is 11.1 Å². The Morgan fingerprint density at radius 1 is 1.03 bits per heavy atom. The minimum Gasteiger partial charge on any atom is -0.368 e. The minimum absolute atomic E-state index is 0.114. The van der Waals surface area contributed by atoms with Gasteiger partial charge in [0.05, 0.1) is 28.5 Å². The van der Waals surface area contributed by atoms with E-state index in [1.807, 2.05) is 30.3 Å². The van der Waals surface area contributed by atoms with Crippen molar-refractivity contribution in [3.8, 4) is 0 Å². The number of rotatable bonds is 3. The predicted octanol–water partition coefficient (Wildman–Crippen LogP) is 1.60. The van der Waals surface area contributed by atoms with Gasteiger partial charge in [-0.3, -0.25) is 24.5 Å². The van der Waals surface area contributed by atoms with Crippen LogP contribution in [0.2, 0.25) is 0 Å². The molecule has 2 N–H and O–H groups in total. The average Bonchev–Trinajstić information content (AvgIpc) is 3.21. The molecule has 9 heteroatoms. The normalized spacial score (nSPS) is 26.4. The summed E-state index contributed by atoms with van der Waals surface area (Å²) in [5, 5.41) is 11.1. The van der Waals surface area contributed by atoms with E-state index in [1.165, 1.54) is 24.3 Å². The monoisotopic (exact) mass is 404 g/mol. The maximum Gasteiger partial charge on any atom is 0.271 e. The predicted molar refractivity (Wildman–Crippen MR) is 106 cm³/mol. The van der Waals surface area contributed by atoms with Gasteiger partial charge in [-0.1, -0.05) is 30.3 Å². The van der Waals surface area contributed by atoms with Gasteiger partial charge in [0, 0.05) is 18.3 Å². The summed E-state index contributed by atoms with van der Waals surface area (Å²) in [5.41, 5.74) is 7.27. The first-order chi connectivity index (χ1) is 14.4. The first-order valence-electron chi connectivity index (χ1n) is 9.36. The van der Waals surface area contributed by atoms with Crippen LogP contribution >= 0.6 is 0 Å². The Labute approximate surface area is 170 Å². The highest BCUT2D eigenvalue weighted by molar-refractivity contribution is 6.24. The number of amides is 3. The number of carbonyl (C=O) groups is 3. The zero-order chi connectivity index (χ0) is 21.2. The van der Waals surface area contributed by atoms with Crippen molar-refractivity contribution < 1.29 is 19.3 Å². The molecule has 0 aromatic heterocycles. The lowest BCUT2D eigenvalue weighted by molar-refractivity contribution is -0.384. The van der Waals surface area contributed by atoms with Crippen molar-refractivity contribution in [2.24, 2.45) is 17.6 Å². The zero-order valence-electron chi connectivity index (χ0n) is 15.5. The van der Waals surface area contributed by atoms with Crippen LogP contribution in [-0.4, -0.2) is 33.6 Å². The molecule has 2 aromatic rings. The van der Waals surface area contributed by atoms with E-state index in [9.17, 15) is 24.5 Å². The SMILES string of the molecule is NC(=O)[C@H]1[C@@H]2C(=O)N(c3cccc([N+](=O)[O-])c3)C(=O)[C@@H]2[C@@H]2c3ccccc3C=CN12. The van der Waals surface area contributed by atoms with Gasteiger partial charge in [0.25, 0.3) is 5.69 Å². The lowest BCUT2D eigenvalue weighted by Gasteiger charge is -2.34. The van der Waals surface area contributed by atoms with Crippen LogP contribution in [0, 0.1) is 22.0 Å². The molecule has 2 saturated heterocycles. The van der Waals surface area contributed by atoms with Gasteiger partial charge in [0.15, 0.2) is 0 Å². The molecule has 3 aliphatic rings. The Morgan fingerprint density at radius 3 is 2.50 bits per heavy atom. The van der Waals surface area contributed by atoms with Crippen molar-refractivity contribution in [3.63, 3.8) is 0 Å². The summed E-state index contributed by atoms with van der Waals surface area (Å²) in [6, 6.07) is 11.3. The molecule has 3 heterocycles. The fourth-order valence-corrected chi connectivity index (χ4v) is 4.88. The Balaban J connectivity index is 1.64. The molecule has 3 amide bonds. The lowest BCUT2D eigenvalue weighted by atomic mass is 9.84. The smallest absolute Gasteiger partial charge is 0.271 e. The van der Waals surface area contributed by atoms with Crippen LogP contribution in [0.5, 0.6) is 0 Å². The molecule has 2 aromatic carbocycles. The molecule has 3 aliphatic heterocycles. The highest BCUT2D eigenvalue weighted by Crippen LogP contribution is 2.53. The summed E-state index contributed by atoms with van der Waals surface area (Å²) in [6.07, 6.45) is 3.54. The Morgan fingerprint density at radius 2 is 1.77 bits per heavy atom. The van der Waals surface area contributed by atoms with Gasteiger partial charge in [-0.15, -0.1) is 0 Å². The Kier molecular flexibility index (Phi) is 3.76. The van der Waals surface area contributed by atoms with E-state index in [-0.39, 0.29) is 11.4 Å². The number of carbonyl (C=O) groups excluding carboxylic acids is 3. The van der Waals surface area contributed by atoms with Gasteiger partial charge in [-0.05, 0) is 23.3 Å². The third-order valence-corrected chi connectivity index (χ3v) is 6.05. The Bertz CT molecular complexity index is 1160. The molecule has 0 unspecified atom stereocenters. The summed E-state index contributed by atoms with van der Waals surface area (Å²) >= 11 is 0. The second kappa shape index (κ2) is 6.24. The van der Waals surface area contributed by atoms with E-state index < -0.39 is 46.6 Å². The topological polar surface area (TPSA) is 127 Å². The van der Waals surface area contributed by atoms with Crippen LogP contribution in [0.25, 0.3) is 6.08 Å². The number of non-ortho nitro benzene ring substituents is 1. The molecule has 5 rings (SSSR count). The number of nitrogens with two attached hydrogens (primary N) is 1. The third kappa shape index (κ3) is 2.32. The summed E-state index contributed by atoms with van der Waals surface area (Å²) < 4.78 is 0. The van der Waals surface area contributed by atoms with Gasteiger partial charge >= 0.3 is 0 Å².